The average molecular weight is 741 g/mol. The van der Waals surface area contributed by atoms with Gasteiger partial charge in [-0.2, -0.15) is 0 Å². The Morgan fingerprint density at radius 3 is 1.94 bits per heavy atom. The van der Waals surface area contributed by atoms with Gasteiger partial charge in [-0.3, -0.25) is 4.79 Å². The Morgan fingerprint density at radius 1 is 0.741 bits per heavy atom. The molecule has 54 heavy (non-hydrogen) atoms. The van der Waals surface area contributed by atoms with Crippen LogP contribution >= 0.6 is 0 Å². The Kier molecular flexibility index (Phi) is 18.5. The molecule has 0 radical (unpaired) electrons. The van der Waals surface area contributed by atoms with Gasteiger partial charge in [0, 0.05) is 38.4 Å². The molecular formula is C45H56O9. The summed E-state index contributed by atoms with van der Waals surface area (Å²) < 4.78 is 34.1. The Balaban J connectivity index is 1.44. The van der Waals surface area contributed by atoms with E-state index in [1.54, 1.807) is 12.1 Å². The molecule has 0 spiro atoms. The normalized spacial score (nSPS) is 12.8. The molecule has 1 fully saturated rings. The van der Waals surface area contributed by atoms with Crippen LogP contribution in [0.1, 0.15) is 80.5 Å². The lowest BCUT2D eigenvalue weighted by molar-refractivity contribution is -0.138. The monoisotopic (exact) mass is 740 g/mol. The first kappa shape index (κ1) is 42.0. The molecule has 9 heteroatoms. The Labute approximate surface area is 320 Å². The van der Waals surface area contributed by atoms with Gasteiger partial charge in [-0.1, -0.05) is 69.3 Å². The van der Waals surface area contributed by atoms with Crippen LogP contribution in [0.15, 0.2) is 86.0 Å². The first-order valence-corrected chi connectivity index (χ1v) is 19.3. The fourth-order valence-corrected chi connectivity index (χ4v) is 6.17. The second-order valence-electron chi connectivity index (χ2n) is 13.5. The van der Waals surface area contributed by atoms with Gasteiger partial charge in [0.1, 0.15) is 11.5 Å². The molecule has 4 rings (SSSR count). The molecule has 0 atom stereocenters. The molecule has 0 unspecified atom stereocenters. The van der Waals surface area contributed by atoms with Gasteiger partial charge in [0.25, 0.3) is 0 Å². The lowest BCUT2D eigenvalue weighted by Gasteiger charge is -2.24. The molecule has 1 aliphatic heterocycles. The van der Waals surface area contributed by atoms with Gasteiger partial charge in [-0.25, -0.2) is 9.59 Å². The number of ether oxygens (including phenoxy) is 6. The molecule has 0 bridgehead atoms. The Bertz CT molecular complexity index is 1570. The van der Waals surface area contributed by atoms with Crippen LogP contribution < -0.4 is 9.47 Å². The van der Waals surface area contributed by atoms with E-state index in [-0.39, 0.29) is 25.6 Å². The minimum Gasteiger partial charge on any atom is -0.493 e. The third-order valence-electron chi connectivity index (χ3n) is 9.27. The van der Waals surface area contributed by atoms with Crippen molar-refractivity contribution in [3.05, 3.63) is 108 Å². The molecule has 290 valence electrons. The topological polar surface area (TPSA) is 107 Å². The number of esters is 3. The quantitative estimate of drug-likeness (QED) is 0.0386. The first-order chi connectivity index (χ1) is 26.4. The van der Waals surface area contributed by atoms with E-state index in [2.05, 4.69) is 44.3 Å². The van der Waals surface area contributed by atoms with E-state index in [0.29, 0.717) is 57.0 Å². The van der Waals surface area contributed by atoms with Gasteiger partial charge in [-0.05, 0) is 115 Å². The van der Waals surface area contributed by atoms with E-state index in [9.17, 15) is 14.4 Å². The minimum atomic E-state index is -0.455. The molecule has 1 saturated heterocycles. The van der Waals surface area contributed by atoms with Crippen LogP contribution in [0, 0.1) is 5.92 Å². The third kappa shape index (κ3) is 15.0. The SMILES string of the molecule is C=CC(=O)OCCCc1cc(-c2ccc(OC(=O)CCc3ccc(COCCCCC)cc3)cc2)cc(CCCOC(=O)C=C)c1OCC1CCOCC1. The molecule has 0 saturated carbocycles. The largest absolute Gasteiger partial charge is 0.493 e. The van der Waals surface area contributed by atoms with Gasteiger partial charge >= 0.3 is 17.9 Å². The predicted octanol–water partition coefficient (Wildman–Crippen LogP) is 8.73. The zero-order valence-corrected chi connectivity index (χ0v) is 31.8. The van der Waals surface area contributed by atoms with Gasteiger partial charge in [0.05, 0.1) is 26.4 Å². The summed E-state index contributed by atoms with van der Waals surface area (Å²) in [5.74, 6) is 0.472. The number of hydrogen-bond acceptors (Lipinski definition) is 9. The van der Waals surface area contributed by atoms with Crippen LogP contribution in [-0.2, 0) is 59.2 Å². The van der Waals surface area contributed by atoms with Crippen molar-refractivity contribution in [1.29, 1.82) is 0 Å². The van der Waals surface area contributed by atoms with Crippen molar-refractivity contribution in [1.82, 2.24) is 0 Å². The maximum Gasteiger partial charge on any atom is 0.330 e. The van der Waals surface area contributed by atoms with E-state index in [4.69, 9.17) is 28.4 Å². The highest BCUT2D eigenvalue weighted by Gasteiger charge is 2.19. The summed E-state index contributed by atoms with van der Waals surface area (Å²) >= 11 is 0. The minimum absolute atomic E-state index is 0.251. The molecule has 0 aromatic heterocycles. The summed E-state index contributed by atoms with van der Waals surface area (Å²) in [6.45, 7) is 13.0. The summed E-state index contributed by atoms with van der Waals surface area (Å²) in [6.07, 6.45) is 10.9. The molecule has 3 aromatic rings. The summed E-state index contributed by atoms with van der Waals surface area (Å²) in [7, 11) is 0. The molecule has 0 amide bonds. The highest BCUT2D eigenvalue weighted by atomic mass is 16.5. The van der Waals surface area contributed by atoms with Crippen molar-refractivity contribution in [3.63, 3.8) is 0 Å². The van der Waals surface area contributed by atoms with E-state index in [1.165, 1.54) is 12.8 Å². The lowest BCUT2D eigenvalue weighted by atomic mass is 9.94. The van der Waals surface area contributed by atoms with Crippen LogP contribution in [0.2, 0.25) is 0 Å². The van der Waals surface area contributed by atoms with Crippen LogP contribution in [0.3, 0.4) is 0 Å². The number of hydrogen-bond donors (Lipinski definition) is 0. The molecule has 3 aromatic carbocycles. The second-order valence-corrected chi connectivity index (χ2v) is 13.5. The lowest BCUT2D eigenvalue weighted by Crippen LogP contribution is -2.22. The summed E-state index contributed by atoms with van der Waals surface area (Å²) in [5, 5.41) is 0. The van der Waals surface area contributed by atoms with Gasteiger partial charge < -0.3 is 28.4 Å². The van der Waals surface area contributed by atoms with E-state index < -0.39 is 11.9 Å². The van der Waals surface area contributed by atoms with Gasteiger partial charge in [-0.15, -0.1) is 0 Å². The second kappa shape index (κ2) is 23.8. The third-order valence-corrected chi connectivity index (χ3v) is 9.27. The summed E-state index contributed by atoms with van der Waals surface area (Å²) in [6, 6.07) is 19.9. The highest BCUT2D eigenvalue weighted by Crippen LogP contribution is 2.35. The molecular weight excluding hydrogens is 684 g/mol. The predicted molar refractivity (Wildman–Crippen MR) is 209 cm³/mol. The van der Waals surface area contributed by atoms with Crippen molar-refractivity contribution in [2.75, 3.05) is 39.6 Å². The molecule has 1 aliphatic rings. The highest BCUT2D eigenvalue weighted by molar-refractivity contribution is 5.81. The van der Waals surface area contributed by atoms with Crippen molar-refractivity contribution in [2.45, 2.75) is 84.2 Å². The fourth-order valence-electron chi connectivity index (χ4n) is 6.17. The number of carbonyl (C=O) groups is 3. The smallest absolute Gasteiger partial charge is 0.330 e. The fraction of sp³-hybridized carbons (Fsp3) is 0.444. The number of benzene rings is 3. The van der Waals surface area contributed by atoms with E-state index in [0.717, 1.165) is 90.4 Å². The zero-order valence-electron chi connectivity index (χ0n) is 31.8. The maximum absolute atomic E-state index is 12.8. The van der Waals surface area contributed by atoms with Gasteiger partial charge in [0.15, 0.2) is 0 Å². The first-order valence-electron chi connectivity index (χ1n) is 19.3. The van der Waals surface area contributed by atoms with Crippen LogP contribution in [-0.4, -0.2) is 57.5 Å². The van der Waals surface area contributed by atoms with Gasteiger partial charge in [0.2, 0.25) is 0 Å². The van der Waals surface area contributed by atoms with Crippen molar-refractivity contribution in [2.24, 2.45) is 5.92 Å². The van der Waals surface area contributed by atoms with E-state index in [1.807, 2.05) is 24.3 Å². The number of carbonyl (C=O) groups excluding carboxylic acids is 3. The molecule has 0 N–H and O–H groups in total. The van der Waals surface area contributed by atoms with Crippen molar-refractivity contribution < 1.29 is 42.8 Å². The number of unbranched alkanes of at least 4 members (excludes halogenated alkanes) is 2. The number of aryl methyl sites for hydroxylation is 3. The molecule has 0 aliphatic carbocycles. The Morgan fingerprint density at radius 2 is 1.35 bits per heavy atom. The van der Waals surface area contributed by atoms with E-state index >= 15 is 0 Å². The van der Waals surface area contributed by atoms with Crippen LogP contribution in [0.25, 0.3) is 11.1 Å². The number of rotatable bonds is 24. The standard InChI is InChI=1S/C45H56O9/c1-4-7-8-25-50-32-35-15-13-34(14-16-35)17-22-44(48)54-41-20-18-37(19-21-41)40-30-38(11-9-26-51-42(46)5-2)45(53-33-36-23-28-49-29-24-36)39(31-40)12-10-27-52-43(47)6-3/h5-6,13-16,18-21,30-31,36H,2-4,7-12,17,22-29,32-33H2,1H3. The summed E-state index contributed by atoms with van der Waals surface area (Å²) in [5.41, 5.74) is 6.10. The van der Waals surface area contributed by atoms with Crippen LogP contribution in [0.4, 0.5) is 0 Å². The summed E-state index contributed by atoms with van der Waals surface area (Å²) in [4.78, 5) is 36.1. The Hall–Kier alpha value is -4.73. The van der Waals surface area contributed by atoms with Crippen LogP contribution in [0.5, 0.6) is 11.5 Å². The molecule has 1 heterocycles. The zero-order chi connectivity index (χ0) is 38.4. The molecule has 9 nitrogen and oxygen atoms in total. The van der Waals surface area contributed by atoms with Crippen molar-refractivity contribution >= 4 is 17.9 Å². The average Bonchev–Trinajstić information content (AvgIpc) is 3.20. The van der Waals surface area contributed by atoms with Crippen molar-refractivity contribution in [3.8, 4) is 22.6 Å². The maximum atomic E-state index is 12.8.